The maximum absolute atomic E-state index is 5.50. The highest BCUT2D eigenvalue weighted by Gasteiger charge is 2.35. The molecule has 10 rings (SSSR count). The van der Waals surface area contributed by atoms with E-state index in [1.165, 1.54) is 65.7 Å². The molecule has 0 radical (unpaired) electrons. The summed E-state index contributed by atoms with van der Waals surface area (Å²) in [5, 5.41) is 7.56. The first kappa shape index (κ1) is 27.2. The van der Waals surface area contributed by atoms with Crippen LogP contribution in [0.4, 0.5) is 0 Å². The zero-order valence-corrected chi connectivity index (χ0v) is 26.9. The van der Waals surface area contributed by atoms with Crippen molar-refractivity contribution in [2.75, 3.05) is 0 Å². The van der Waals surface area contributed by atoms with Gasteiger partial charge in [-0.25, -0.2) is 4.98 Å². The molecule has 0 spiro atoms. The molecule has 0 fully saturated rings. The summed E-state index contributed by atoms with van der Waals surface area (Å²) in [5.74, 6) is 0.917. The largest absolute Gasteiger partial charge is 0.293 e. The van der Waals surface area contributed by atoms with Crippen LogP contribution in [0.3, 0.4) is 0 Å². The van der Waals surface area contributed by atoms with Gasteiger partial charge in [0.25, 0.3) is 0 Å². The molecule has 0 saturated carbocycles. The minimum absolute atomic E-state index is 0.131. The first-order valence-electron chi connectivity index (χ1n) is 16.7. The second-order valence-electron chi connectivity index (χ2n) is 13.6. The normalized spacial score (nSPS) is 13.4. The van der Waals surface area contributed by atoms with Gasteiger partial charge >= 0.3 is 0 Å². The average Bonchev–Trinajstić information content (AvgIpc) is 3.45. The fraction of sp³-hybridized carbons (Fsp3) is 0.0652. The van der Waals surface area contributed by atoms with Gasteiger partial charge in [-0.1, -0.05) is 141 Å². The molecule has 48 heavy (non-hydrogen) atoms. The van der Waals surface area contributed by atoms with E-state index in [-0.39, 0.29) is 5.41 Å². The van der Waals surface area contributed by atoms with Gasteiger partial charge in [-0.15, -0.1) is 0 Å². The van der Waals surface area contributed by atoms with Gasteiger partial charge < -0.3 is 0 Å². The smallest absolute Gasteiger partial charge is 0.138 e. The molecule has 226 valence electrons. The van der Waals surface area contributed by atoms with Crippen LogP contribution in [0, 0.1) is 0 Å². The molecule has 2 heterocycles. The molecule has 0 saturated heterocycles. The van der Waals surface area contributed by atoms with Gasteiger partial charge in [-0.2, -0.15) is 0 Å². The summed E-state index contributed by atoms with van der Waals surface area (Å²) in [4.78, 5) is 5.50. The molecule has 9 aromatic rings. The van der Waals surface area contributed by atoms with Crippen molar-refractivity contribution < 1.29 is 0 Å². The Balaban J connectivity index is 1.44. The third-order valence-corrected chi connectivity index (χ3v) is 10.5. The van der Waals surface area contributed by atoms with Gasteiger partial charge in [0.15, 0.2) is 0 Å². The van der Waals surface area contributed by atoms with Crippen LogP contribution in [0.1, 0.15) is 25.0 Å². The molecule has 1 aliphatic carbocycles. The minimum atomic E-state index is -0.131. The number of benzene rings is 7. The maximum Gasteiger partial charge on any atom is 0.138 e. The van der Waals surface area contributed by atoms with Crippen molar-refractivity contribution in [2.24, 2.45) is 0 Å². The molecule has 2 aromatic heterocycles. The third-order valence-electron chi connectivity index (χ3n) is 10.5. The zero-order valence-electron chi connectivity index (χ0n) is 26.9. The fourth-order valence-electron chi connectivity index (χ4n) is 8.23. The van der Waals surface area contributed by atoms with Crippen molar-refractivity contribution in [3.63, 3.8) is 0 Å². The number of fused-ring (bicyclic) bond motifs is 7. The standard InChI is InChI=1S/C46H32N2/c1-46(2)38-22-12-11-21-35(38)44-43-33(20-13-23-39(43)46)25-37-36-24-31-18-9-10-19-32(31)27-41(36)48(45(37)44)42-28-34(29-14-5-3-6-15-29)26-40(47-42)30-16-7-4-8-17-30/h3-28H,1-2H3. The van der Waals surface area contributed by atoms with Gasteiger partial charge in [0.2, 0.25) is 0 Å². The molecule has 2 nitrogen and oxygen atoms in total. The lowest BCUT2D eigenvalue weighted by Gasteiger charge is -2.35. The number of rotatable bonds is 3. The van der Waals surface area contributed by atoms with Crippen LogP contribution < -0.4 is 0 Å². The van der Waals surface area contributed by atoms with Crippen LogP contribution in [-0.4, -0.2) is 9.55 Å². The van der Waals surface area contributed by atoms with Crippen LogP contribution in [-0.2, 0) is 5.41 Å². The quantitative estimate of drug-likeness (QED) is 0.194. The van der Waals surface area contributed by atoms with E-state index in [9.17, 15) is 0 Å². The Hall–Kier alpha value is -5.99. The summed E-state index contributed by atoms with van der Waals surface area (Å²) in [7, 11) is 0. The lowest BCUT2D eigenvalue weighted by molar-refractivity contribution is 0.645. The molecule has 1 aliphatic rings. The molecule has 0 bridgehead atoms. The Morgan fingerprint density at radius 1 is 0.500 bits per heavy atom. The van der Waals surface area contributed by atoms with Crippen LogP contribution in [0.15, 0.2) is 158 Å². The van der Waals surface area contributed by atoms with E-state index in [4.69, 9.17) is 4.98 Å². The first-order chi connectivity index (χ1) is 23.6. The van der Waals surface area contributed by atoms with E-state index in [1.807, 2.05) is 0 Å². The Bertz CT molecular complexity index is 2680. The van der Waals surface area contributed by atoms with E-state index in [0.717, 1.165) is 28.2 Å². The van der Waals surface area contributed by atoms with E-state index in [2.05, 4.69) is 176 Å². The van der Waals surface area contributed by atoms with Crippen LogP contribution in [0.2, 0.25) is 0 Å². The van der Waals surface area contributed by atoms with Crippen LogP contribution in [0.5, 0.6) is 0 Å². The summed E-state index contributed by atoms with van der Waals surface area (Å²) < 4.78 is 2.46. The second kappa shape index (κ2) is 10.0. The van der Waals surface area contributed by atoms with Crippen molar-refractivity contribution in [3.05, 3.63) is 169 Å². The summed E-state index contributed by atoms with van der Waals surface area (Å²) >= 11 is 0. The van der Waals surface area contributed by atoms with E-state index in [0.29, 0.717) is 0 Å². The lowest BCUT2D eigenvalue weighted by atomic mass is 9.68. The van der Waals surface area contributed by atoms with Crippen molar-refractivity contribution in [3.8, 4) is 39.3 Å². The van der Waals surface area contributed by atoms with Gasteiger partial charge in [-0.3, -0.25) is 4.57 Å². The molecule has 0 atom stereocenters. The average molecular weight is 613 g/mol. The summed E-state index contributed by atoms with van der Waals surface area (Å²) in [6.07, 6.45) is 0. The number of nitrogens with zero attached hydrogens (tertiary/aromatic N) is 2. The predicted octanol–water partition coefficient (Wildman–Crippen LogP) is 12.1. The highest BCUT2D eigenvalue weighted by Crippen LogP contribution is 2.53. The second-order valence-corrected chi connectivity index (χ2v) is 13.6. The number of hydrogen-bond donors (Lipinski definition) is 0. The highest BCUT2D eigenvalue weighted by atomic mass is 15.1. The Kier molecular flexibility index (Phi) is 5.66. The van der Waals surface area contributed by atoms with Gasteiger partial charge in [0, 0.05) is 27.3 Å². The van der Waals surface area contributed by atoms with Crippen LogP contribution >= 0.6 is 0 Å². The van der Waals surface area contributed by atoms with Crippen LogP contribution in [0.25, 0.3) is 82.7 Å². The number of aromatic nitrogens is 2. The molecular formula is C46H32N2. The topological polar surface area (TPSA) is 17.8 Å². The van der Waals surface area contributed by atoms with Crippen molar-refractivity contribution in [1.82, 2.24) is 9.55 Å². The Labute approximate surface area is 279 Å². The lowest BCUT2D eigenvalue weighted by Crippen LogP contribution is -2.23. The van der Waals surface area contributed by atoms with Crippen molar-refractivity contribution in [1.29, 1.82) is 0 Å². The zero-order chi connectivity index (χ0) is 32.0. The van der Waals surface area contributed by atoms with E-state index >= 15 is 0 Å². The minimum Gasteiger partial charge on any atom is -0.293 e. The summed E-state index contributed by atoms with van der Waals surface area (Å²) in [5.41, 5.74) is 11.9. The monoisotopic (exact) mass is 612 g/mol. The number of pyridine rings is 1. The molecule has 2 heteroatoms. The predicted molar refractivity (Wildman–Crippen MR) is 202 cm³/mol. The molecule has 0 amide bonds. The van der Waals surface area contributed by atoms with E-state index in [1.54, 1.807) is 0 Å². The summed E-state index contributed by atoms with van der Waals surface area (Å²) in [6, 6.07) is 57.5. The number of hydrogen-bond acceptors (Lipinski definition) is 1. The van der Waals surface area contributed by atoms with Crippen molar-refractivity contribution in [2.45, 2.75) is 19.3 Å². The van der Waals surface area contributed by atoms with E-state index < -0.39 is 0 Å². The maximum atomic E-state index is 5.50. The van der Waals surface area contributed by atoms with Gasteiger partial charge in [0.05, 0.1) is 16.7 Å². The SMILES string of the molecule is CC1(C)c2ccccc2-c2c3c1cccc3cc1c3cc4ccccc4cc3n(-c3cc(-c4ccccc4)cc(-c4ccccc4)n3)c21. The van der Waals surface area contributed by atoms with Gasteiger partial charge in [0.1, 0.15) is 5.82 Å². The Morgan fingerprint density at radius 2 is 1.12 bits per heavy atom. The molecular weight excluding hydrogens is 581 g/mol. The Morgan fingerprint density at radius 3 is 1.92 bits per heavy atom. The molecule has 0 N–H and O–H groups in total. The van der Waals surface area contributed by atoms with Crippen molar-refractivity contribution >= 4 is 43.4 Å². The molecule has 0 aliphatic heterocycles. The summed E-state index contributed by atoms with van der Waals surface area (Å²) in [6.45, 7) is 4.74. The molecule has 7 aromatic carbocycles. The van der Waals surface area contributed by atoms with Gasteiger partial charge in [-0.05, 0) is 79.7 Å². The molecule has 0 unspecified atom stereocenters. The fourth-order valence-corrected chi connectivity index (χ4v) is 8.23. The third kappa shape index (κ3) is 3.83. The highest BCUT2D eigenvalue weighted by molar-refractivity contribution is 6.24. The first-order valence-corrected chi connectivity index (χ1v) is 16.7.